The lowest BCUT2D eigenvalue weighted by Crippen LogP contribution is -2.32. The lowest BCUT2D eigenvalue weighted by atomic mass is 10.1. The van der Waals surface area contributed by atoms with Crippen molar-refractivity contribution in [3.8, 4) is 0 Å². The lowest BCUT2D eigenvalue weighted by Gasteiger charge is -2.14. The van der Waals surface area contributed by atoms with Crippen LogP contribution < -0.4 is 5.32 Å². The van der Waals surface area contributed by atoms with Crippen LogP contribution in [0.5, 0.6) is 0 Å². The number of hydrogen-bond donors (Lipinski definition) is 1. The van der Waals surface area contributed by atoms with E-state index in [1.807, 2.05) is 0 Å². The van der Waals surface area contributed by atoms with Crippen molar-refractivity contribution in [2.24, 2.45) is 0 Å². The summed E-state index contributed by atoms with van der Waals surface area (Å²) in [6.45, 7) is 0.822. The summed E-state index contributed by atoms with van der Waals surface area (Å²) in [6.07, 6.45) is -0.363. The van der Waals surface area contributed by atoms with Gasteiger partial charge in [0, 0.05) is 16.7 Å². The van der Waals surface area contributed by atoms with Gasteiger partial charge in [-0.05, 0) is 40.5 Å². The monoisotopic (exact) mass is 614 g/mol. The SMILES string of the molecule is Cc1c(NC(=O)COC(=O)CCN2C(=O)c3c(Cl)c(Cl)c(Cl)c(Cl)c3C2=O)ccc(Br)c1Cl. The highest BCUT2D eigenvalue weighted by Crippen LogP contribution is 2.44. The minimum absolute atomic E-state index is 0.155. The molecule has 1 N–H and O–H groups in total. The maximum absolute atomic E-state index is 12.6. The van der Waals surface area contributed by atoms with Gasteiger partial charge < -0.3 is 10.1 Å². The molecule has 1 aliphatic rings. The molecule has 13 heteroatoms. The van der Waals surface area contributed by atoms with Crippen LogP contribution >= 0.6 is 73.9 Å². The number of esters is 1. The van der Waals surface area contributed by atoms with Gasteiger partial charge in [0.1, 0.15) is 0 Å². The predicted molar refractivity (Wildman–Crippen MR) is 130 cm³/mol. The van der Waals surface area contributed by atoms with Crippen LogP contribution in [0.15, 0.2) is 16.6 Å². The van der Waals surface area contributed by atoms with Gasteiger partial charge >= 0.3 is 5.97 Å². The molecule has 0 atom stereocenters. The Labute approximate surface area is 221 Å². The van der Waals surface area contributed by atoms with Crippen molar-refractivity contribution in [1.29, 1.82) is 0 Å². The number of hydrogen-bond acceptors (Lipinski definition) is 5. The van der Waals surface area contributed by atoms with Gasteiger partial charge in [0.15, 0.2) is 6.61 Å². The summed E-state index contributed by atoms with van der Waals surface area (Å²) in [5.74, 6) is -2.93. The molecule has 7 nitrogen and oxygen atoms in total. The molecule has 2 aromatic carbocycles. The second kappa shape index (κ2) is 10.4. The Morgan fingerprint density at radius 3 is 2.03 bits per heavy atom. The van der Waals surface area contributed by atoms with Crippen molar-refractivity contribution in [2.45, 2.75) is 13.3 Å². The van der Waals surface area contributed by atoms with E-state index in [0.29, 0.717) is 20.7 Å². The first kappa shape index (κ1) is 26.1. The van der Waals surface area contributed by atoms with Crippen LogP contribution in [-0.2, 0) is 14.3 Å². The van der Waals surface area contributed by atoms with E-state index < -0.39 is 30.3 Å². The highest BCUT2D eigenvalue weighted by atomic mass is 79.9. The zero-order valence-electron chi connectivity index (χ0n) is 16.5. The molecular formula is C20H12BrCl5N2O5. The van der Waals surface area contributed by atoms with Crippen LogP contribution in [0, 0.1) is 6.92 Å². The molecule has 2 aromatic rings. The first-order valence-corrected chi connectivity index (χ1v) is 11.8. The van der Waals surface area contributed by atoms with Crippen molar-refractivity contribution in [3.63, 3.8) is 0 Å². The van der Waals surface area contributed by atoms with E-state index in [2.05, 4.69) is 21.2 Å². The molecule has 33 heavy (non-hydrogen) atoms. The lowest BCUT2D eigenvalue weighted by molar-refractivity contribution is -0.147. The summed E-state index contributed by atoms with van der Waals surface area (Å²) in [6, 6.07) is 3.31. The summed E-state index contributed by atoms with van der Waals surface area (Å²) < 4.78 is 5.60. The number of nitrogens with one attached hydrogen (secondary N) is 1. The number of carbonyl (C=O) groups excluding carboxylic acids is 4. The highest BCUT2D eigenvalue weighted by Gasteiger charge is 2.41. The van der Waals surface area contributed by atoms with Crippen LogP contribution in [-0.4, -0.2) is 41.7 Å². The van der Waals surface area contributed by atoms with E-state index in [9.17, 15) is 19.2 Å². The van der Waals surface area contributed by atoms with E-state index in [0.717, 1.165) is 4.90 Å². The molecule has 1 aliphatic heterocycles. The zero-order valence-corrected chi connectivity index (χ0v) is 21.9. The third-order valence-corrected chi connectivity index (χ3v) is 7.88. The second-order valence-electron chi connectivity index (χ2n) is 6.76. The Kier molecular flexibility index (Phi) is 8.19. The summed E-state index contributed by atoms with van der Waals surface area (Å²) in [7, 11) is 0. The number of ether oxygens (including phenoxy) is 1. The molecule has 0 spiro atoms. The largest absolute Gasteiger partial charge is 0.456 e. The number of rotatable bonds is 6. The van der Waals surface area contributed by atoms with E-state index >= 15 is 0 Å². The van der Waals surface area contributed by atoms with E-state index in [1.165, 1.54) is 0 Å². The fourth-order valence-electron chi connectivity index (χ4n) is 2.99. The Morgan fingerprint density at radius 2 is 1.48 bits per heavy atom. The molecule has 0 radical (unpaired) electrons. The zero-order chi connectivity index (χ0) is 24.6. The minimum Gasteiger partial charge on any atom is -0.456 e. The normalized spacial score (nSPS) is 12.8. The van der Waals surface area contributed by atoms with Gasteiger partial charge in [-0.3, -0.25) is 24.1 Å². The second-order valence-corrected chi connectivity index (χ2v) is 9.50. The fraction of sp³-hybridized carbons (Fsp3) is 0.200. The molecule has 3 rings (SSSR count). The summed E-state index contributed by atoms with van der Waals surface area (Å²) in [5, 5.41) is 2.31. The number of benzene rings is 2. The predicted octanol–water partition coefficient (Wildman–Crippen LogP) is 6.19. The minimum atomic E-state index is -0.805. The number of fused-ring (bicyclic) bond motifs is 1. The summed E-state index contributed by atoms with van der Waals surface area (Å²) in [5.41, 5.74) is 0.727. The molecule has 1 heterocycles. The van der Waals surface area contributed by atoms with Crippen molar-refractivity contribution >= 4 is 103 Å². The Morgan fingerprint density at radius 1 is 0.939 bits per heavy atom. The molecule has 0 fully saturated rings. The van der Waals surface area contributed by atoms with Gasteiger partial charge in [-0.2, -0.15) is 0 Å². The van der Waals surface area contributed by atoms with Crippen LogP contribution in [0.25, 0.3) is 0 Å². The first-order chi connectivity index (χ1) is 15.5. The maximum atomic E-state index is 12.6. The first-order valence-electron chi connectivity index (χ1n) is 9.07. The van der Waals surface area contributed by atoms with Crippen molar-refractivity contribution in [1.82, 2.24) is 4.90 Å². The molecule has 0 bridgehead atoms. The number of halogens is 6. The number of amides is 3. The van der Waals surface area contributed by atoms with Crippen LogP contribution in [0.3, 0.4) is 0 Å². The molecular weight excluding hydrogens is 605 g/mol. The van der Waals surface area contributed by atoms with E-state index in [1.54, 1.807) is 19.1 Å². The number of anilines is 1. The Hall–Kier alpha value is -1.55. The smallest absolute Gasteiger partial charge is 0.308 e. The third kappa shape index (κ3) is 5.11. The van der Waals surface area contributed by atoms with Gasteiger partial charge in [0.05, 0.1) is 42.7 Å². The molecule has 0 saturated carbocycles. The summed E-state index contributed by atoms with van der Waals surface area (Å²) >= 11 is 33.4. The average Bonchev–Trinajstić information content (AvgIpc) is 3.03. The third-order valence-electron chi connectivity index (χ3n) is 4.70. The molecule has 3 amide bonds. The molecule has 0 saturated heterocycles. The standard InChI is InChI=1S/C20H12BrCl5N2O5/c1-7-9(3-2-8(21)14(7)22)27-10(29)6-33-11(30)4-5-28-19(31)12-13(20(28)32)16(24)18(26)17(25)15(12)23/h2-3H,4-6H2,1H3,(H,27,29). The van der Waals surface area contributed by atoms with Crippen LogP contribution in [0.4, 0.5) is 5.69 Å². The Balaban J connectivity index is 1.58. The van der Waals surface area contributed by atoms with Crippen molar-refractivity contribution in [2.75, 3.05) is 18.5 Å². The number of carbonyl (C=O) groups is 4. The van der Waals surface area contributed by atoms with Crippen molar-refractivity contribution in [3.05, 3.63) is 58.4 Å². The maximum Gasteiger partial charge on any atom is 0.308 e. The van der Waals surface area contributed by atoms with Gasteiger partial charge in [-0.25, -0.2) is 0 Å². The highest BCUT2D eigenvalue weighted by molar-refractivity contribution is 9.10. The van der Waals surface area contributed by atoms with E-state index in [4.69, 9.17) is 62.7 Å². The topological polar surface area (TPSA) is 92.8 Å². The van der Waals surface area contributed by atoms with Crippen LogP contribution in [0.1, 0.15) is 32.7 Å². The Bertz CT molecular complexity index is 1170. The van der Waals surface area contributed by atoms with E-state index in [-0.39, 0.29) is 44.2 Å². The molecule has 0 aromatic heterocycles. The average molecular weight is 617 g/mol. The van der Waals surface area contributed by atoms with Crippen molar-refractivity contribution < 1.29 is 23.9 Å². The number of nitrogens with zero attached hydrogens (tertiary/aromatic N) is 1. The molecule has 0 unspecified atom stereocenters. The van der Waals surface area contributed by atoms with Gasteiger partial charge in [-0.15, -0.1) is 0 Å². The van der Waals surface area contributed by atoms with Crippen LogP contribution in [0.2, 0.25) is 25.1 Å². The molecule has 0 aliphatic carbocycles. The van der Waals surface area contributed by atoms with Gasteiger partial charge in [0.2, 0.25) is 0 Å². The number of imide groups is 1. The quantitative estimate of drug-likeness (QED) is 0.181. The molecule has 174 valence electrons. The van der Waals surface area contributed by atoms with Gasteiger partial charge in [-0.1, -0.05) is 58.0 Å². The van der Waals surface area contributed by atoms with Gasteiger partial charge in [0.25, 0.3) is 17.7 Å². The fourth-order valence-corrected chi connectivity index (χ4v) is 4.60. The summed E-state index contributed by atoms with van der Waals surface area (Å²) in [4.78, 5) is 50.2.